The Labute approximate surface area is 263 Å². The summed E-state index contributed by atoms with van der Waals surface area (Å²) in [6, 6.07) is 21.6. The van der Waals surface area contributed by atoms with Crippen molar-refractivity contribution in [3.05, 3.63) is 84.7 Å². The van der Waals surface area contributed by atoms with E-state index >= 15 is 0 Å². The Morgan fingerprint density at radius 3 is 2.63 bits per heavy atom. The molecular weight excluding hydrogens is 615 g/mol. The van der Waals surface area contributed by atoms with Crippen molar-refractivity contribution in [2.45, 2.75) is 43.7 Å². The number of aromatic nitrogens is 4. The van der Waals surface area contributed by atoms with Gasteiger partial charge >= 0.3 is 19.7 Å². The number of anilines is 1. The van der Waals surface area contributed by atoms with Crippen LogP contribution in [0.1, 0.15) is 25.1 Å². The molecule has 2 unspecified atom stereocenters. The standard InChI is InChI=1S/C31H33N6O8P/c1-31(29(39)40,16-19-9-4-3-5-10-19)36-46(41,45-24-14-8-12-20-11-6-7-13-22(20)24)43-17-21-15-23(38)28(44-21)37-18-33-25-26(32)34-30(42-2)35-27(25)37/h3-14,18,21,23,28,38H,15-17H2,1-2H3,(H,36,41)(H,39,40)(H2,32,34,35)/t21-,23+,28+,31?,46?/m0/s1. The average molecular weight is 649 g/mol. The lowest BCUT2D eigenvalue weighted by atomic mass is 9.94. The van der Waals surface area contributed by atoms with Crippen LogP contribution < -0.4 is 20.1 Å². The fourth-order valence-corrected chi connectivity index (χ4v) is 7.14. The number of methoxy groups -OCH3 is 1. The first kappa shape index (κ1) is 31.4. The Kier molecular flexibility index (Phi) is 8.64. The van der Waals surface area contributed by atoms with Crippen molar-refractivity contribution in [2.75, 3.05) is 19.5 Å². The lowest BCUT2D eigenvalue weighted by Gasteiger charge is -2.31. The van der Waals surface area contributed by atoms with Gasteiger partial charge in [-0.05, 0) is 23.9 Å². The minimum Gasteiger partial charge on any atom is -0.480 e. The Morgan fingerprint density at radius 1 is 1.13 bits per heavy atom. The van der Waals surface area contributed by atoms with E-state index in [1.165, 1.54) is 24.9 Å². The van der Waals surface area contributed by atoms with Gasteiger partial charge in [-0.2, -0.15) is 15.1 Å². The van der Waals surface area contributed by atoms with Gasteiger partial charge in [0.2, 0.25) is 0 Å². The number of aliphatic carboxylic acids is 1. The molecule has 3 aromatic carbocycles. The molecule has 6 rings (SSSR count). The quantitative estimate of drug-likeness (QED) is 0.141. The molecule has 5 atom stereocenters. The van der Waals surface area contributed by atoms with Crippen LogP contribution in [0.5, 0.6) is 11.8 Å². The smallest absolute Gasteiger partial charge is 0.459 e. The summed E-state index contributed by atoms with van der Waals surface area (Å²) in [5, 5.41) is 25.5. The number of nitrogens with zero attached hydrogens (tertiary/aromatic N) is 4. The zero-order chi connectivity index (χ0) is 32.5. The molecule has 0 saturated carbocycles. The van der Waals surface area contributed by atoms with Gasteiger partial charge in [0.05, 0.1) is 26.1 Å². The van der Waals surface area contributed by atoms with Crippen LogP contribution in [0, 0.1) is 0 Å². The molecule has 5 N–H and O–H groups in total. The predicted octanol–water partition coefficient (Wildman–Crippen LogP) is 4.10. The highest BCUT2D eigenvalue weighted by atomic mass is 31.2. The van der Waals surface area contributed by atoms with Crippen molar-refractivity contribution < 1.29 is 38.1 Å². The number of nitrogen functional groups attached to an aromatic ring is 1. The van der Waals surface area contributed by atoms with Gasteiger partial charge in [0.25, 0.3) is 0 Å². The Balaban J connectivity index is 1.27. The van der Waals surface area contributed by atoms with Gasteiger partial charge in [-0.1, -0.05) is 66.7 Å². The van der Waals surface area contributed by atoms with E-state index in [0.717, 1.165) is 5.39 Å². The number of carboxylic acids is 1. The number of carbonyl (C=O) groups is 1. The SMILES string of the molecule is COc1nc(N)c2ncn([C@@H]3O[C@H](COP(=O)(NC(C)(Cc4ccccc4)C(=O)O)Oc4cccc5ccccc45)C[C@H]3O)c2n1. The molecule has 1 aliphatic heterocycles. The third-order valence-corrected chi connectivity index (χ3v) is 9.40. The molecule has 0 spiro atoms. The van der Waals surface area contributed by atoms with Crippen LogP contribution in [0.25, 0.3) is 21.9 Å². The molecule has 3 heterocycles. The van der Waals surface area contributed by atoms with Gasteiger partial charge < -0.3 is 29.9 Å². The second-order valence-corrected chi connectivity index (χ2v) is 12.8. The average Bonchev–Trinajstić information content (AvgIpc) is 3.63. The number of benzene rings is 3. The van der Waals surface area contributed by atoms with Gasteiger partial charge in [0.15, 0.2) is 23.2 Å². The van der Waals surface area contributed by atoms with E-state index in [1.807, 2.05) is 30.3 Å². The summed E-state index contributed by atoms with van der Waals surface area (Å²) in [4.78, 5) is 25.2. The number of hydrogen-bond donors (Lipinski definition) is 4. The molecule has 1 aliphatic rings. The topological polar surface area (TPSA) is 193 Å². The Morgan fingerprint density at radius 2 is 1.87 bits per heavy atom. The molecule has 14 nitrogen and oxygen atoms in total. The fraction of sp³-hybridized carbons (Fsp3) is 0.290. The number of ether oxygens (including phenoxy) is 2. The molecule has 0 aliphatic carbocycles. The lowest BCUT2D eigenvalue weighted by Crippen LogP contribution is -2.50. The van der Waals surface area contributed by atoms with Crippen LogP contribution in [0.3, 0.4) is 0 Å². The largest absolute Gasteiger partial charge is 0.480 e. The van der Waals surface area contributed by atoms with E-state index in [4.69, 9.17) is 24.3 Å². The summed E-state index contributed by atoms with van der Waals surface area (Å²) in [5.74, 6) is -0.914. The minimum atomic E-state index is -4.43. The van der Waals surface area contributed by atoms with E-state index in [0.29, 0.717) is 22.1 Å². The summed E-state index contributed by atoms with van der Waals surface area (Å²) in [5.41, 5.74) is 5.54. The van der Waals surface area contributed by atoms with Crippen LogP contribution in [0.2, 0.25) is 0 Å². The molecule has 15 heteroatoms. The van der Waals surface area contributed by atoms with Crippen molar-refractivity contribution in [3.63, 3.8) is 0 Å². The maximum absolute atomic E-state index is 14.6. The number of hydrogen-bond acceptors (Lipinski definition) is 11. The number of aliphatic hydroxyl groups is 1. The third-order valence-electron chi connectivity index (χ3n) is 7.70. The van der Waals surface area contributed by atoms with Gasteiger partial charge in [-0.25, -0.2) is 9.55 Å². The summed E-state index contributed by atoms with van der Waals surface area (Å²) in [7, 11) is -3.03. The number of imidazole rings is 1. The van der Waals surface area contributed by atoms with Gasteiger partial charge in [0, 0.05) is 18.2 Å². The molecule has 46 heavy (non-hydrogen) atoms. The first-order valence-corrected chi connectivity index (χ1v) is 16.0. The number of carboxylic acid groups (broad SMARTS) is 1. The number of fused-ring (bicyclic) bond motifs is 2. The normalized spacial score (nSPS) is 20.7. The van der Waals surface area contributed by atoms with Crippen molar-refractivity contribution in [2.24, 2.45) is 0 Å². The number of nitrogens with one attached hydrogen (secondary N) is 1. The monoisotopic (exact) mass is 648 g/mol. The van der Waals surface area contributed by atoms with E-state index < -0.39 is 37.7 Å². The summed E-state index contributed by atoms with van der Waals surface area (Å²) in [6.07, 6.45) is -1.23. The van der Waals surface area contributed by atoms with E-state index in [2.05, 4.69) is 20.0 Å². The summed E-state index contributed by atoms with van der Waals surface area (Å²) >= 11 is 0. The third kappa shape index (κ3) is 6.39. The molecule has 0 amide bonds. The molecule has 240 valence electrons. The van der Waals surface area contributed by atoms with Crippen molar-refractivity contribution in [1.82, 2.24) is 24.6 Å². The Hall–Kier alpha value is -4.59. The highest BCUT2D eigenvalue weighted by Crippen LogP contribution is 2.49. The van der Waals surface area contributed by atoms with Gasteiger partial charge in [-0.3, -0.25) is 13.9 Å². The first-order valence-electron chi connectivity index (χ1n) is 14.4. The zero-order valence-corrected chi connectivity index (χ0v) is 25.9. The Bertz CT molecular complexity index is 1920. The zero-order valence-electron chi connectivity index (χ0n) is 25.0. The molecule has 1 saturated heterocycles. The number of nitrogens with two attached hydrogens (primary N) is 1. The van der Waals surface area contributed by atoms with Crippen LogP contribution in [-0.4, -0.2) is 67.2 Å². The molecule has 0 bridgehead atoms. The summed E-state index contributed by atoms with van der Waals surface area (Å²) < 4.78 is 39.3. The second-order valence-electron chi connectivity index (χ2n) is 11.1. The second kappa shape index (κ2) is 12.7. The predicted molar refractivity (Wildman–Crippen MR) is 168 cm³/mol. The molecule has 2 aromatic heterocycles. The first-order chi connectivity index (χ1) is 22.1. The van der Waals surface area contributed by atoms with Crippen molar-refractivity contribution in [1.29, 1.82) is 0 Å². The summed E-state index contributed by atoms with van der Waals surface area (Å²) in [6.45, 7) is 1.11. The van der Waals surface area contributed by atoms with Crippen molar-refractivity contribution >= 4 is 41.5 Å². The van der Waals surface area contributed by atoms with Gasteiger partial charge in [0.1, 0.15) is 17.4 Å². The van der Waals surface area contributed by atoms with E-state index in [1.54, 1.807) is 42.5 Å². The van der Waals surface area contributed by atoms with Crippen LogP contribution in [-0.2, 0) is 25.0 Å². The van der Waals surface area contributed by atoms with Gasteiger partial charge in [-0.15, -0.1) is 0 Å². The molecule has 5 aromatic rings. The number of aliphatic hydroxyl groups excluding tert-OH is 1. The minimum absolute atomic E-state index is 0.0156. The highest BCUT2D eigenvalue weighted by molar-refractivity contribution is 7.52. The van der Waals surface area contributed by atoms with Crippen LogP contribution in [0.15, 0.2) is 79.1 Å². The molecule has 1 fully saturated rings. The van der Waals surface area contributed by atoms with Crippen molar-refractivity contribution in [3.8, 4) is 11.8 Å². The van der Waals surface area contributed by atoms with E-state index in [-0.39, 0.29) is 37.0 Å². The van der Waals surface area contributed by atoms with E-state index in [9.17, 15) is 19.6 Å². The van der Waals surface area contributed by atoms with Crippen LogP contribution in [0.4, 0.5) is 5.82 Å². The number of rotatable bonds is 12. The van der Waals surface area contributed by atoms with Crippen LogP contribution >= 0.6 is 7.75 Å². The maximum Gasteiger partial charge on any atom is 0.459 e. The fourth-order valence-electron chi connectivity index (χ4n) is 5.42. The highest BCUT2D eigenvalue weighted by Gasteiger charge is 2.45. The molecule has 0 radical (unpaired) electrons. The lowest BCUT2D eigenvalue weighted by molar-refractivity contribution is -0.143. The maximum atomic E-state index is 14.6. The molecular formula is C31H33N6O8P.